The number of hydrogen-bond donors (Lipinski definition) is 1. The van der Waals surface area contributed by atoms with E-state index in [-0.39, 0.29) is 18.3 Å². The van der Waals surface area contributed by atoms with Gasteiger partial charge in [0.05, 0.1) is 11.3 Å². The van der Waals surface area contributed by atoms with Gasteiger partial charge in [0.2, 0.25) is 5.91 Å². The summed E-state index contributed by atoms with van der Waals surface area (Å²) in [5.74, 6) is -0.149. The van der Waals surface area contributed by atoms with Crippen LogP contribution in [0.4, 0.5) is 5.69 Å². The topological polar surface area (TPSA) is 72.5 Å². The molecule has 0 aromatic heterocycles. The number of Topliss-reactive ketones (excluding diaryl/α,β-unsaturated/α-hetero) is 1. The van der Waals surface area contributed by atoms with Gasteiger partial charge in [-0.15, -0.1) is 11.8 Å². The number of thioether (sulfide) groups is 1. The minimum Gasteiger partial charge on any atom is -0.454 e. The quantitative estimate of drug-likeness (QED) is 0.646. The second-order valence-electron chi connectivity index (χ2n) is 6.69. The zero-order chi connectivity index (χ0) is 18.8. The van der Waals surface area contributed by atoms with Crippen LogP contribution < -0.4 is 5.32 Å². The summed E-state index contributed by atoms with van der Waals surface area (Å²) in [6, 6.07) is 10.8. The van der Waals surface area contributed by atoms with E-state index in [2.05, 4.69) is 5.32 Å². The van der Waals surface area contributed by atoms with Crippen LogP contribution in [0, 0.1) is 0 Å². The number of ether oxygens (including phenoxy) is 1. The molecule has 2 aromatic carbocycles. The van der Waals surface area contributed by atoms with Gasteiger partial charge >= 0.3 is 5.97 Å². The highest BCUT2D eigenvalue weighted by Crippen LogP contribution is 2.31. The van der Waals surface area contributed by atoms with Crippen LogP contribution in [0.25, 0.3) is 0 Å². The summed E-state index contributed by atoms with van der Waals surface area (Å²) >= 11 is 1.57. The molecule has 5 nitrogen and oxygen atoms in total. The van der Waals surface area contributed by atoms with Crippen LogP contribution in [0.2, 0.25) is 0 Å². The monoisotopic (exact) mass is 381 g/mol. The summed E-state index contributed by atoms with van der Waals surface area (Å²) in [4.78, 5) is 37.3. The third-order valence-corrected chi connectivity index (χ3v) is 5.91. The Morgan fingerprint density at radius 1 is 1.00 bits per heavy atom. The molecule has 4 rings (SSSR count). The lowest BCUT2D eigenvalue weighted by atomic mass is 10.0. The molecule has 0 saturated carbocycles. The lowest BCUT2D eigenvalue weighted by Gasteiger charge is -2.09. The summed E-state index contributed by atoms with van der Waals surface area (Å²) in [5, 5.41) is 2.80. The molecular weight excluding hydrogens is 362 g/mol. The molecule has 0 spiro atoms. The Kier molecular flexibility index (Phi) is 4.99. The van der Waals surface area contributed by atoms with Gasteiger partial charge in [-0.05, 0) is 54.7 Å². The van der Waals surface area contributed by atoms with Crippen molar-refractivity contribution in [2.75, 3.05) is 17.7 Å². The Labute approximate surface area is 161 Å². The number of ketones is 1. The molecule has 1 aliphatic carbocycles. The summed E-state index contributed by atoms with van der Waals surface area (Å²) in [5.41, 5.74) is 4.02. The Hall–Kier alpha value is -2.60. The van der Waals surface area contributed by atoms with Crippen LogP contribution in [0.1, 0.15) is 44.7 Å². The number of carbonyl (C=O) groups is 3. The number of esters is 1. The standard InChI is InChI=1S/C21H19NO4S/c23-18(15-5-4-13-2-1-3-14(13)10-15)12-26-21(25)16-6-7-19-17(11-16)22-20(24)8-9-27-19/h4-7,10-11H,1-3,8-9,12H2,(H,22,24). The smallest absolute Gasteiger partial charge is 0.338 e. The number of benzene rings is 2. The minimum atomic E-state index is -0.573. The first-order valence-corrected chi connectivity index (χ1v) is 9.97. The fraction of sp³-hybridized carbons (Fsp3) is 0.286. The number of amides is 1. The molecular formula is C21H19NO4S. The molecule has 1 heterocycles. The largest absolute Gasteiger partial charge is 0.454 e. The Bertz CT molecular complexity index is 938. The summed E-state index contributed by atoms with van der Waals surface area (Å²) in [7, 11) is 0. The Morgan fingerprint density at radius 3 is 2.70 bits per heavy atom. The van der Waals surface area contributed by atoms with Crippen molar-refractivity contribution in [1.29, 1.82) is 0 Å². The highest BCUT2D eigenvalue weighted by molar-refractivity contribution is 7.99. The molecule has 0 fully saturated rings. The van der Waals surface area contributed by atoms with Crippen LogP contribution in [-0.2, 0) is 22.4 Å². The molecule has 1 aliphatic heterocycles. The molecule has 0 atom stereocenters. The molecule has 2 aliphatic rings. The highest BCUT2D eigenvalue weighted by Gasteiger charge is 2.18. The number of nitrogens with one attached hydrogen (secondary N) is 1. The van der Waals surface area contributed by atoms with E-state index in [4.69, 9.17) is 4.74 Å². The number of carbonyl (C=O) groups excluding carboxylic acids is 3. The first-order chi connectivity index (χ1) is 13.1. The summed E-state index contributed by atoms with van der Waals surface area (Å²) in [6.07, 6.45) is 3.62. The van der Waals surface area contributed by atoms with Gasteiger partial charge in [-0.25, -0.2) is 4.79 Å². The zero-order valence-electron chi connectivity index (χ0n) is 14.7. The molecule has 27 heavy (non-hydrogen) atoms. The van der Waals surface area contributed by atoms with Gasteiger partial charge in [0.1, 0.15) is 0 Å². The zero-order valence-corrected chi connectivity index (χ0v) is 15.6. The van der Waals surface area contributed by atoms with Gasteiger partial charge < -0.3 is 10.1 Å². The van der Waals surface area contributed by atoms with Gasteiger partial charge in [0.15, 0.2) is 12.4 Å². The van der Waals surface area contributed by atoms with Crippen molar-refractivity contribution in [3.8, 4) is 0 Å². The SMILES string of the molecule is O=C1CCSc2ccc(C(=O)OCC(=O)c3ccc4c(c3)CCC4)cc2N1. The number of anilines is 1. The van der Waals surface area contributed by atoms with E-state index in [1.807, 2.05) is 12.1 Å². The van der Waals surface area contributed by atoms with Crippen LogP contribution in [0.15, 0.2) is 41.3 Å². The predicted molar refractivity (Wildman–Crippen MR) is 103 cm³/mol. The van der Waals surface area contributed by atoms with Crippen LogP contribution in [0.5, 0.6) is 0 Å². The summed E-state index contributed by atoms with van der Waals surface area (Å²) in [6.45, 7) is -0.296. The fourth-order valence-electron chi connectivity index (χ4n) is 3.39. The molecule has 138 valence electrons. The number of fused-ring (bicyclic) bond motifs is 2. The van der Waals surface area contributed by atoms with Gasteiger partial charge in [0.25, 0.3) is 0 Å². The average molecular weight is 381 g/mol. The maximum Gasteiger partial charge on any atom is 0.338 e. The Morgan fingerprint density at radius 2 is 1.81 bits per heavy atom. The maximum atomic E-state index is 12.4. The molecule has 6 heteroatoms. The van der Waals surface area contributed by atoms with Gasteiger partial charge in [-0.1, -0.05) is 12.1 Å². The second-order valence-corrected chi connectivity index (χ2v) is 7.83. The normalized spacial score (nSPS) is 15.3. The number of hydrogen-bond acceptors (Lipinski definition) is 5. The first kappa shape index (κ1) is 17.8. The van der Waals surface area contributed by atoms with Crippen molar-refractivity contribution < 1.29 is 19.1 Å². The highest BCUT2D eigenvalue weighted by atomic mass is 32.2. The molecule has 1 N–H and O–H groups in total. The third-order valence-electron chi connectivity index (χ3n) is 4.83. The summed E-state index contributed by atoms with van der Waals surface area (Å²) < 4.78 is 5.20. The minimum absolute atomic E-state index is 0.0708. The van der Waals surface area contributed by atoms with E-state index in [0.717, 1.165) is 24.2 Å². The van der Waals surface area contributed by atoms with Crippen molar-refractivity contribution in [3.05, 3.63) is 58.7 Å². The third kappa shape index (κ3) is 3.90. The van der Waals surface area contributed by atoms with Crippen LogP contribution >= 0.6 is 11.8 Å². The molecule has 0 bridgehead atoms. The molecule has 1 amide bonds. The fourth-order valence-corrected chi connectivity index (χ4v) is 4.33. The Balaban J connectivity index is 1.42. The predicted octanol–water partition coefficient (Wildman–Crippen LogP) is 3.65. The molecule has 2 aromatic rings. The lowest BCUT2D eigenvalue weighted by molar-refractivity contribution is -0.115. The molecule has 0 unspecified atom stereocenters. The van der Waals surface area contributed by atoms with E-state index in [0.29, 0.717) is 29.0 Å². The van der Waals surface area contributed by atoms with Crippen molar-refractivity contribution in [2.24, 2.45) is 0 Å². The maximum absolute atomic E-state index is 12.4. The van der Waals surface area contributed by atoms with Gasteiger partial charge in [-0.3, -0.25) is 9.59 Å². The van der Waals surface area contributed by atoms with E-state index >= 15 is 0 Å². The second kappa shape index (κ2) is 7.56. The van der Waals surface area contributed by atoms with Crippen molar-refractivity contribution >= 4 is 35.1 Å². The average Bonchev–Trinajstić information content (AvgIpc) is 3.06. The van der Waals surface area contributed by atoms with Gasteiger partial charge in [0, 0.05) is 22.6 Å². The van der Waals surface area contributed by atoms with Crippen molar-refractivity contribution in [3.63, 3.8) is 0 Å². The van der Waals surface area contributed by atoms with Crippen molar-refractivity contribution in [2.45, 2.75) is 30.6 Å². The van der Waals surface area contributed by atoms with E-state index in [1.54, 1.807) is 36.0 Å². The van der Waals surface area contributed by atoms with Crippen molar-refractivity contribution in [1.82, 2.24) is 0 Å². The van der Waals surface area contributed by atoms with Crippen LogP contribution in [0.3, 0.4) is 0 Å². The first-order valence-electron chi connectivity index (χ1n) is 8.99. The molecule has 0 saturated heterocycles. The van der Waals surface area contributed by atoms with Crippen LogP contribution in [-0.4, -0.2) is 30.0 Å². The van der Waals surface area contributed by atoms with E-state index in [1.165, 1.54) is 11.1 Å². The van der Waals surface area contributed by atoms with Gasteiger partial charge in [-0.2, -0.15) is 0 Å². The number of aryl methyl sites for hydroxylation is 2. The lowest BCUT2D eigenvalue weighted by Crippen LogP contribution is -2.15. The van der Waals surface area contributed by atoms with E-state index in [9.17, 15) is 14.4 Å². The number of rotatable bonds is 4. The van der Waals surface area contributed by atoms with E-state index < -0.39 is 5.97 Å². The molecule has 0 radical (unpaired) electrons.